The van der Waals surface area contributed by atoms with Crippen molar-refractivity contribution in [2.75, 3.05) is 6.26 Å². The first-order valence-corrected chi connectivity index (χ1v) is 29.3. The van der Waals surface area contributed by atoms with Crippen LogP contribution in [0.1, 0.15) is 89.5 Å². The van der Waals surface area contributed by atoms with Crippen molar-refractivity contribution in [3.63, 3.8) is 0 Å². The predicted octanol–water partition coefficient (Wildman–Crippen LogP) is 18.7. The van der Waals surface area contributed by atoms with E-state index in [0.717, 1.165) is 123 Å². The highest BCUT2D eigenvalue weighted by Crippen LogP contribution is 2.41. The summed E-state index contributed by atoms with van der Waals surface area (Å²) in [6, 6.07) is 59.7. The lowest BCUT2D eigenvalue weighted by atomic mass is 9.92. The van der Waals surface area contributed by atoms with E-state index >= 15 is 0 Å². The summed E-state index contributed by atoms with van der Waals surface area (Å²) in [6.07, 6.45) is 10.8. The number of benzene rings is 7. The van der Waals surface area contributed by atoms with Crippen LogP contribution in [0, 0.1) is 80.6 Å². The van der Waals surface area contributed by atoms with Crippen molar-refractivity contribution in [3.05, 3.63) is 263 Å². The molecule has 0 aliphatic carbocycles. The SMILES string of the molecule is CSc1cccc(C#Cc2ccc(-c3c4nc(c(-c5c(C)cc(C)cc5C)c5ccc([nH]5)c(-c5ccc(C#Cc6ccc(C#Cc7ccc(I)cc7)cc6)cc5)c5nc(c(-c6c(C)cc(C)cc6C)c6ccc3[nH]6)C=C5)C=C4)cc2)c1. The number of hydrogen-bond acceptors (Lipinski definition) is 3. The lowest BCUT2D eigenvalue weighted by Gasteiger charge is -2.13. The third-order valence-corrected chi connectivity index (χ3v) is 16.3. The Bertz CT molecular complexity index is 4510. The number of aromatic nitrogens is 4. The maximum Gasteiger partial charge on any atom is 0.0737 e. The second kappa shape index (κ2) is 22.6. The third-order valence-electron chi connectivity index (χ3n) is 14.8. The molecule has 81 heavy (non-hydrogen) atoms. The molecule has 0 spiro atoms. The summed E-state index contributed by atoms with van der Waals surface area (Å²) in [7, 11) is 0. The van der Waals surface area contributed by atoms with E-state index in [1.807, 2.05) is 36.4 Å². The zero-order chi connectivity index (χ0) is 55.7. The van der Waals surface area contributed by atoms with E-state index in [-0.39, 0.29) is 0 Å². The standard InChI is InChI=1S/C75H55IN4S/c1-46-41-48(3)70(49(4)42-46)74-66-37-33-62(77-66)72(58-27-21-54(22-28-58)17-15-52-11-13-53(14-12-52)16-18-56-25-31-60(76)32-26-56)63-34-38-67(78-63)75(71-50(5)43-47(2)44-51(71)6)69-40-36-65(80-69)73(64-35-39-68(74)79-64)59-29-23-55(24-30-59)19-20-57-9-8-10-61(45-57)81-7/h8-14,21-45,77,80H,1-7H3. The number of H-pyrrole nitrogens is 2. The maximum atomic E-state index is 5.64. The molecule has 388 valence electrons. The molecule has 0 saturated carbocycles. The van der Waals surface area contributed by atoms with Crippen LogP contribution in [0.4, 0.5) is 0 Å². The number of thioether (sulfide) groups is 1. The molecule has 0 fully saturated rings. The average Bonchev–Trinajstić information content (AvgIpc) is 4.38. The Balaban J connectivity index is 1.05. The largest absolute Gasteiger partial charge is 0.354 e. The second-order valence-electron chi connectivity index (χ2n) is 20.8. The summed E-state index contributed by atoms with van der Waals surface area (Å²) in [5.74, 6) is 20.2. The summed E-state index contributed by atoms with van der Waals surface area (Å²) in [6.45, 7) is 13.1. The number of nitrogens with one attached hydrogen (secondary N) is 2. The Hall–Kier alpha value is -9.10. The molecule has 0 atom stereocenters. The van der Waals surface area contributed by atoms with Gasteiger partial charge in [-0.3, -0.25) is 0 Å². The first-order chi connectivity index (χ1) is 39.4. The van der Waals surface area contributed by atoms with Gasteiger partial charge < -0.3 is 9.97 Å². The van der Waals surface area contributed by atoms with Gasteiger partial charge in [-0.05, 0) is 254 Å². The molecule has 10 aromatic rings. The quantitative estimate of drug-likeness (QED) is 0.103. The van der Waals surface area contributed by atoms with Crippen molar-refractivity contribution < 1.29 is 0 Å². The first kappa shape index (κ1) is 52.6. The fraction of sp³-hybridized carbons (Fsp3) is 0.0933. The zero-order valence-corrected chi connectivity index (χ0v) is 49.1. The van der Waals surface area contributed by atoms with Gasteiger partial charge in [0.2, 0.25) is 0 Å². The van der Waals surface area contributed by atoms with Crippen molar-refractivity contribution in [3.8, 4) is 80.0 Å². The van der Waals surface area contributed by atoms with E-state index < -0.39 is 0 Å². The van der Waals surface area contributed by atoms with Gasteiger partial charge in [-0.15, -0.1) is 11.8 Å². The molecule has 2 N–H and O–H groups in total. The lowest BCUT2D eigenvalue weighted by Crippen LogP contribution is -1.95. The van der Waals surface area contributed by atoms with Gasteiger partial charge in [0.1, 0.15) is 0 Å². The van der Waals surface area contributed by atoms with Gasteiger partial charge >= 0.3 is 0 Å². The van der Waals surface area contributed by atoms with Gasteiger partial charge in [0.25, 0.3) is 0 Å². The fourth-order valence-electron chi connectivity index (χ4n) is 11.2. The molecule has 0 saturated heterocycles. The number of rotatable bonds is 5. The molecule has 0 radical (unpaired) electrons. The Kier molecular flexibility index (Phi) is 14.7. The molecule has 3 aromatic heterocycles. The number of aromatic amines is 2. The monoisotopic (exact) mass is 1170 g/mol. The normalized spacial score (nSPS) is 11.4. The fourth-order valence-corrected chi connectivity index (χ4v) is 12.1. The van der Waals surface area contributed by atoms with Gasteiger partial charge in [-0.1, -0.05) is 101 Å². The molecular weight excluding hydrogens is 1120 g/mol. The molecule has 0 unspecified atom stereocenters. The first-order valence-electron chi connectivity index (χ1n) is 27.0. The van der Waals surface area contributed by atoms with E-state index in [2.05, 4.69) is 274 Å². The topological polar surface area (TPSA) is 57.4 Å². The Morgan fingerprint density at radius 2 is 0.667 bits per heavy atom. The van der Waals surface area contributed by atoms with E-state index in [1.54, 1.807) is 11.8 Å². The van der Waals surface area contributed by atoms with Crippen molar-refractivity contribution in [1.29, 1.82) is 0 Å². The number of aryl methyl sites for hydroxylation is 6. The summed E-state index contributed by atoms with van der Waals surface area (Å²) in [5.41, 5.74) is 28.5. The summed E-state index contributed by atoms with van der Waals surface area (Å²) in [4.78, 5) is 20.4. The van der Waals surface area contributed by atoms with Crippen LogP contribution in [-0.4, -0.2) is 26.2 Å². The van der Waals surface area contributed by atoms with Crippen molar-refractivity contribution in [2.45, 2.75) is 46.4 Å². The number of hydrogen-bond donors (Lipinski definition) is 2. The van der Waals surface area contributed by atoms with Gasteiger partial charge in [-0.2, -0.15) is 0 Å². The molecule has 2 aliphatic rings. The minimum Gasteiger partial charge on any atom is -0.354 e. The van der Waals surface area contributed by atoms with Gasteiger partial charge in [-0.25, -0.2) is 9.97 Å². The molecule has 0 amide bonds. The van der Waals surface area contributed by atoms with Crippen LogP contribution >= 0.6 is 34.4 Å². The highest BCUT2D eigenvalue weighted by Gasteiger charge is 2.22. The van der Waals surface area contributed by atoms with Crippen LogP contribution in [-0.2, 0) is 0 Å². The lowest BCUT2D eigenvalue weighted by molar-refractivity contribution is 1.28. The minimum absolute atomic E-state index is 0.853. The average molecular weight is 1170 g/mol. The molecule has 7 aromatic carbocycles. The van der Waals surface area contributed by atoms with Crippen LogP contribution < -0.4 is 0 Å². The number of fused-ring (bicyclic) bond motifs is 8. The van der Waals surface area contributed by atoms with Crippen molar-refractivity contribution >= 4 is 80.7 Å². The summed E-state index contributed by atoms with van der Waals surface area (Å²) in [5, 5.41) is 0. The molecule has 8 bridgehead atoms. The highest BCUT2D eigenvalue weighted by molar-refractivity contribution is 14.1. The zero-order valence-electron chi connectivity index (χ0n) is 46.2. The second-order valence-corrected chi connectivity index (χ2v) is 22.9. The van der Waals surface area contributed by atoms with E-state index in [9.17, 15) is 0 Å². The molecule has 2 aliphatic heterocycles. The smallest absolute Gasteiger partial charge is 0.0737 e. The van der Waals surface area contributed by atoms with Crippen molar-refractivity contribution in [1.82, 2.24) is 19.9 Å². The van der Waals surface area contributed by atoms with Crippen LogP contribution in [0.25, 0.3) is 90.9 Å². The van der Waals surface area contributed by atoms with Crippen LogP contribution in [0.5, 0.6) is 0 Å². The number of nitrogens with zero attached hydrogens (tertiary/aromatic N) is 2. The van der Waals surface area contributed by atoms with E-state index in [4.69, 9.17) is 9.97 Å². The number of halogens is 1. The summed E-state index contributed by atoms with van der Waals surface area (Å²) >= 11 is 4.03. The van der Waals surface area contributed by atoms with Gasteiger partial charge in [0.05, 0.1) is 22.8 Å². The predicted molar refractivity (Wildman–Crippen MR) is 351 cm³/mol. The Morgan fingerprint density at radius 3 is 1.04 bits per heavy atom. The van der Waals surface area contributed by atoms with Crippen LogP contribution in [0.2, 0.25) is 0 Å². The van der Waals surface area contributed by atoms with Gasteiger partial charge in [0, 0.05) is 86.2 Å². The van der Waals surface area contributed by atoms with E-state index in [0.29, 0.717) is 0 Å². The molecule has 5 heterocycles. The Morgan fingerprint density at radius 1 is 0.346 bits per heavy atom. The maximum absolute atomic E-state index is 5.64. The molecule has 4 nitrogen and oxygen atoms in total. The summed E-state index contributed by atoms with van der Waals surface area (Å²) < 4.78 is 1.19. The molecule has 12 rings (SSSR count). The van der Waals surface area contributed by atoms with Crippen LogP contribution in [0.3, 0.4) is 0 Å². The van der Waals surface area contributed by atoms with Crippen molar-refractivity contribution in [2.24, 2.45) is 0 Å². The minimum atomic E-state index is 0.853. The molecular formula is C75H55IN4S. The van der Waals surface area contributed by atoms with Crippen LogP contribution in [0.15, 0.2) is 175 Å². The van der Waals surface area contributed by atoms with E-state index in [1.165, 1.54) is 41.8 Å². The highest BCUT2D eigenvalue weighted by atomic mass is 127. The van der Waals surface area contributed by atoms with Gasteiger partial charge in [0.15, 0.2) is 0 Å². The third kappa shape index (κ3) is 11.1. The Labute approximate surface area is 492 Å². The molecule has 6 heteroatoms.